The second-order valence-electron chi connectivity index (χ2n) is 9.44. The topological polar surface area (TPSA) is 81.5 Å². The first-order chi connectivity index (χ1) is 16.9. The van der Waals surface area contributed by atoms with Crippen molar-refractivity contribution in [1.29, 1.82) is 0 Å². The van der Waals surface area contributed by atoms with Gasteiger partial charge in [-0.05, 0) is 68.6 Å². The van der Waals surface area contributed by atoms with Crippen LogP contribution in [-0.4, -0.2) is 17.9 Å². The maximum Gasteiger partial charge on any atom is 0.416 e. The van der Waals surface area contributed by atoms with Crippen molar-refractivity contribution in [3.8, 4) is 5.75 Å². The Labute approximate surface area is 210 Å². The lowest BCUT2D eigenvalue weighted by Crippen LogP contribution is -2.28. The average molecular weight is 509 g/mol. The van der Waals surface area contributed by atoms with E-state index < -0.39 is 22.4 Å². The molecule has 1 N–H and O–H groups in total. The molecule has 1 aliphatic rings. The fourth-order valence-corrected chi connectivity index (χ4v) is 4.57. The number of nitrogens with one attached hydrogen (secondary N) is 1. The van der Waals surface area contributed by atoms with Crippen LogP contribution in [0.3, 0.4) is 0 Å². The molecule has 1 aliphatic carbocycles. The van der Waals surface area contributed by atoms with Crippen LogP contribution in [0, 0.1) is 34.8 Å². The van der Waals surface area contributed by atoms with E-state index in [0.717, 1.165) is 59.9 Å². The Hall–Kier alpha value is -3.10. The van der Waals surface area contributed by atoms with E-state index in [0.29, 0.717) is 0 Å². The van der Waals surface area contributed by atoms with Gasteiger partial charge in [0, 0.05) is 29.3 Å². The molecule has 1 saturated carbocycles. The Bertz CT molecular complexity index is 1050. The normalized spacial score (nSPS) is 17.7. The lowest BCUT2D eigenvalue weighted by atomic mass is 9.76. The van der Waals surface area contributed by atoms with Crippen molar-refractivity contribution in [1.82, 2.24) is 0 Å². The Morgan fingerprint density at radius 3 is 2.31 bits per heavy atom. The number of aryl methyl sites for hydroxylation is 1. The summed E-state index contributed by atoms with van der Waals surface area (Å²) in [5, 5.41) is 13.5. The molecule has 0 heterocycles. The molecule has 0 unspecified atom stereocenters. The highest BCUT2D eigenvalue weighted by Gasteiger charge is 2.35. The largest absolute Gasteiger partial charge is 0.496 e. The minimum absolute atomic E-state index is 0.0218. The smallest absolute Gasteiger partial charge is 0.416 e. The fourth-order valence-electron chi connectivity index (χ4n) is 4.57. The van der Waals surface area contributed by atoms with Gasteiger partial charge >= 0.3 is 6.18 Å². The third-order valence-corrected chi connectivity index (χ3v) is 6.77. The molecule has 0 aromatic heterocycles. The second-order valence-corrected chi connectivity index (χ2v) is 9.44. The van der Waals surface area contributed by atoms with Crippen molar-refractivity contribution in [3.05, 3.63) is 63.2 Å². The lowest BCUT2D eigenvalue weighted by molar-refractivity contribution is -0.385. The van der Waals surface area contributed by atoms with Gasteiger partial charge in [0.1, 0.15) is 5.75 Å². The Morgan fingerprint density at radius 1 is 1.17 bits per heavy atom. The van der Waals surface area contributed by atoms with Crippen LogP contribution in [-0.2, 0) is 17.4 Å². The predicted octanol–water partition coefficient (Wildman–Crippen LogP) is 7.58. The molecule has 2 aromatic rings. The SMILES string of the molecule is CCc1c([N+](=O)[O-])cccc1C(F)(F)F.COc1cc(NC(=O)C2CCC(C(C)C)CC2)ccc1C. The standard InChI is InChI=1S/C18H27NO2.C9H8F3NO2/c1-12(2)14-6-8-15(9-7-14)18(20)19-16-10-5-13(3)17(11-16)21-4;1-2-6-7(9(10,11)12)4-3-5-8(6)13(14)15/h5,10-12,14-15H,6-9H2,1-4H3,(H,19,20);3-5H,2H2,1H3. The summed E-state index contributed by atoms with van der Waals surface area (Å²) in [6.45, 7) is 8.02. The van der Waals surface area contributed by atoms with Gasteiger partial charge < -0.3 is 10.1 Å². The summed E-state index contributed by atoms with van der Waals surface area (Å²) in [6.07, 6.45) is -0.196. The highest BCUT2D eigenvalue weighted by molar-refractivity contribution is 5.92. The molecule has 1 amide bonds. The molecule has 2 aromatic carbocycles. The molecule has 0 spiro atoms. The third kappa shape index (κ3) is 7.70. The number of carbonyl (C=O) groups excluding carboxylic acids is 1. The van der Waals surface area contributed by atoms with Crippen LogP contribution in [0.15, 0.2) is 36.4 Å². The summed E-state index contributed by atoms with van der Waals surface area (Å²) in [5.74, 6) is 2.65. The number of benzene rings is 2. The van der Waals surface area contributed by atoms with E-state index in [9.17, 15) is 28.1 Å². The summed E-state index contributed by atoms with van der Waals surface area (Å²) in [6, 6.07) is 8.78. The average Bonchev–Trinajstić information content (AvgIpc) is 2.84. The highest BCUT2D eigenvalue weighted by atomic mass is 19.4. The molecule has 0 atom stereocenters. The molecule has 3 rings (SSSR count). The van der Waals surface area contributed by atoms with Crippen molar-refractivity contribution in [2.75, 3.05) is 12.4 Å². The van der Waals surface area contributed by atoms with Gasteiger partial charge in [0.25, 0.3) is 5.69 Å². The van der Waals surface area contributed by atoms with E-state index in [-0.39, 0.29) is 23.8 Å². The molecule has 0 aliphatic heterocycles. The molecule has 0 bridgehead atoms. The number of anilines is 1. The molecule has 0 radical (unpaired) electrons. The van der Waals surface area contributed by atoms with E-state index in [4.69, 9.17) is 4.74 Å². The monoisotopic (exact) mass is 508 g/mol. The number of hydrogen-bond donors (Lipinski definition) is 1. The molecule has 0 saturated heterocycles. The molecule has 36 heavy (non-hydrogen) atoms. The molecular formula is C27H35F3N2O4. The fraction of sp³-hybridized carbons (Fsp3) is 0.519. The summed E-state index contributed by atoms with van der Waals surface area (Å²) in [7, 11) is 1.65. The van der Waals surface area contributed by atoms with Gasteiger partial charge in [0.05, 0.1) is 17.6 Å². The Balaban J connectivity index is 0.000000269. The molecule has 198 valence electrons. The maximum absolute atomic E-state index is 12.5. The van der Waals surface area contributed by atoms with Gasteiger partial charge in [0.15, 0.2) is 0 Å². The van der Waals surface area contributed by atoms with Gasteiger partial charge in [-0.3, -0.25) is 14.9 Å². The van der Waals surface area contributed by atoms with Gasteiger partial charge in [-0.15, -0.1) is 0 Å². The molecule has 6 nitrogen and oxygen atoms in total. The minimum atomic E-state index is -4.54. The summed E-state index contributed by atoms with van der Waals surface area (Å²) in [4.78, 5) is 22.1. The number of nitro groups is 1. The number of nitro benzene ring substituents is 1. The van der Waals surface area contributed by atoms with E-state index in [1.807, 2.05) is 25.1 Å². The molecular weight excluding hydrogens is 473 g/mol. The number of nitrogens with zero attached hydrogens (tertiary/aromatic N) is 1. The van der Waals surface area contributed by atoms with Crippen LogP contribution in [0.4, 0.5) is 24.5 Å². The van der Waals surface area contributed by atoms with Crippen LogP contribution in [0.1, 0.15) is 63.1 Å². The number of halogens is 3. The van der Waals surface area contributed by atoms with E-state index >= 15 is 0 Å². The zero-order valence-electron chi connectivity index (χ0n) is 21.4. The van der Waals surface area contributed by atoms with Crippen LogP contribution in [0.2, 0.25) is 0 Å². The first-order valence-corrected chi connectivity index (χ1v) is 12.2. The number of ether oxygens (including phenoxy) is 1. The first-order valence-electron chi connectivity index (χ1n) is 12.2. The number of hydrogen-bond acceptors (Lipinski definition) is 4. The van der Waals surface area contributed by atoms with Crippen molar-refractivity contribution in [2.24, 2.45) is 17.8 Å². The first kappa shape index (κ1) is 29.1. The van der Waals surface area contributed by atoms with E-state index in [1.54, 1.807) is 7.11 Å². The Morgan fingerprint density at radius 2 is 1.81 bits per heavy atom. The number of alkyl halides is 3. The van der Waals surface area contributed by atoms with Crippen LogP contribution >= 0.6 is 0 Å². The number of amides is 1. The number of carbonyl (C=O) groups is 1. The molecule has 9 heteroatoms. The van der Waals surface area contributed by atoms with Crippen LogP contribution in [0.5, 0.6) is 5.75 Å². The highest BCUT2D eigenvalue weighted by Crippen LogP contribution is 2.36. The molecule has 1 fully saturated rings. The van der Waals surface area contributed by atoms with Crippen molar-refractivity contribution in [3.63, 3.8) is 0 Å². The summed E-state index contributed by atoms with van der Waals surface area (Å²) < 4.78 is 42.7. The zero-order valence-corrected chi connectivity index (χ0v) is 21.4. The summed E-state index contributed by atoms with van der Waals surface area (Å²) in [5.41, 5.74) is 0.225. The number of rotatable bonds is 6. The van der Waals surface area contributed by atoms with Gasteiger partial charge in [-0.1, -0.05) is 32.9 Å². The minimum Gasteiger partial charge on any atom is -0.496 e. The predicted molar refractivity (Wildman–Crippen MR) is 134 cm³/mol. The Kier molecular flexibility index (Phi) is 10.3. The van der Waals surface area contributed by atoms with Gasteiger partial charge in [-0.25, -0.2) is 0 Å². The van der Waals surface area contributed by atoms with Crippen molar-refractivity contribution < 1.29 is 27.6 Å². The van der Waals surface area contributed by atoms with Gasteiger partial charge in [0.2, 0.25) is 5.91 Å². The second kappa shape index (κ2) is 12.7. The lowest BCUT2D eigenvalue weighted by Gasteiger charge is -2.30. The van der Waals surface area contributed by atoms with E-state index in [1.165, 1.54) is 19.8 Å². The van der Waals surface area contributed by atoms with Crippen molar-refractivity contribution in [2.45, 2.75) is 66.0 Å². The maximum atomic E-state index is 12.5. The van der Waals surface area contributed by atoms with E-state index in [2.05, 4.69) is 19.2 Å². The third-order valence-electron chi connectivity index (χ3n) is 6.77. The van der Waals surface area contributed by atoms with Crippen LogP contribution in [0.25, 0.3) is 0 Å². The quantitative estimate of drug-likeness (QED) is 0.322. The van der Waals surface area contributed by atoms with Gasteiger partial charge in [-0.2, -0.15) is 13.2 Å². The van der Waals surface area contributed by atoms with Crippen LogP contribution < -0.4 is 10.1 Å². The number of methoxy groups -OCH3 is 1. The summed E-state index contributed by atoms with van der Waals surface area (Å²) >= 11 is 0. The van der Waals surface area contributed by atoms with Crippen molar-refractivity contribution >= 4 is 17.3 Å². The zero-order chi connectivity index (χ0) is 27.0.